The molecule has 0 spiro atoms. The summed E-state index contributed by atoms with van der Waals surface area (Å²) in [7, 11) is 0. The maximum absolute atomic E-state index is 8.32. The van der Waals surface area contributed by atoms with Gasteiger partial charge in [-0.1, -0.05) is 7.43 Å². The summed E-state index contributed by atoms with van der Waals surface area (Å²) in [4.78, 5) is 0. The Hall–Kier alpha value is -0.530. The summed E-state index contributed by atoms with van der Waals surface area (Å²) in [6, 6.07) is 0. The van der Waals surface area contributed by atoms with E-state index >= 15 is 0 Å². The van der Waals surface area contributed by atoms with Crippen LogP contribution in [0.5, 0.6) is 0 Å². The first-order valence-corrected chi connectivity index (χ1v) is 0.455. The molecule has 2 heteroatoms. The zero-order valence-electron chi connectivity index (χ0n) is 1.52. The molecule has 0 atom stereocenters. The number of hydrogen-bond acceptors (Lipinski definition) is 1. The van der Waals surface area contributed by atoms with Gasteiger partial charge in [-0.3, -0.25) is 0 Å². The predicted octanol–water partition coefficient (Wildman–Crippen LogP) is -0.738. The van der Waals surface area contributed by atoms with Crippen LogP contribution in [0.15, 0.2) is 0 Å². The van der Waals surface area contributed by atoms with Crippen LogP contribution in [0.3, 0.4) is 0 Å². The van der Waals surface area contributed by atoms with Crippen molar-refractivity contribution < 1.29 is 9.83 Å². The Labute approximate surface area is 25.3 Å². The van der Waals surface area contributed by atoms with Crippen molar-refractivity contribution in [3.05, 3.63) is 0 Å². The predicted molar refractivity (Wildman–Crippen MR) is 13.9 cm³/mol. The maximum atomic E-state index is 8.32. The highest BCUT2D eigenvalue weighted by Crippen LogP contribution is 0.809. The van der Waals surface area contributed by atoms with Gasteiger partial charge in [0.15, 0.2) is 0 Å². The molecule has 0 aliphatic carbocycles. The lowest BCUT2D eigenvalue weighted by molar-refractivity contribution is -1.04. The quantitative estimate of drug-likeness (QED) is 0.207. The summed E-state index contributed by atoms with van der Waals surface area (Å²) in [5.74, 6) is 0. The molecular formula is C2H6O2. The van der Waals surface area contributed by atoms with Crippen molar-refractivity contribution in [2.24, 2.45) is 0 Å². The molecule has 0 heterocycles. The molecule has 0 amide bonds. The SMILES string of the molecule is C.C=[O+][O-]. The monoisotopic (exact) mass is 62.0 g/mol. The summed E-state index contributed by atoms with van der Waals surface area (Å²) < 4.78 is 2.75. The average molecular weight is 62.1 g/mol. The van der Waals surface area contributed by atoms with Crippen LogP contribution in [0.1, 0.15) is 7.43 Å². The van der Waals surface area contributed by atoms with Gasteiger partial charge >= 0.3 is 6.79 Å². The van der Waals surface area contributed by atoms with Crippen LogP contribution in [-0.4, -0.2) is 6.79 Å². The van der Waals surface area contributed by atoms with Gasteiger partial charge in [-0.25, -0.2) is 0 Å². The zero-order valence-corrected chi connectivity index (χ0v) is 1.52. The van der Waals surface area contributed by atoms with Crippen LogP contribution < -0.4 is 5.26 Å². The molecule has 0 unspecified atom stereocenters. The van der Waals surface area contributed by atoms with Crippen molar-refractivity contribution in [2.75, 3.05) is 0 Å². The lowest BCUT2D eigenvalue weighted by Gasteiger charge is -1.47. The van der Waals surface area contributed by atoms with Crippen LogP contribution in [0.4, 0.5) is 0 Å². The molecule has 2 nitrogen and oxygen atoms in total. The topological polar surface area (TPSA) is 34.4 Å². The molecule has 0 fully saturated rings. The first-order chi connectivity index (χ1) is 1.41. The van der Waals surface area contributed by atoms with Gasteiger partial charge in [0, 0.05) is 0 Å². The van der Waals surface area contributed by atoms with E-state index in [4.69, 9.17) is 5.26 Å². The summed E-state index contributed by atoms with van der Waals surface area (Å²) in [6.45, 7) is 2.43. The van der Waals surface area contributed by atoms with Gasteiger partial charge in [0.25, 0.3) is 0 Å². The fourth-order valence-electron chi connectivity index (χ4n) is 0. The zero-order chi connectivity index (χ0) is 2.71. The van der Waals surface area contributed by atoms with Crippen molar-refractivity contribution >= 4 is 6.79 Å². The van der Waals surface area contributed by atoms with Crippen LogP contribution >= 0.6 is 0 Å². The molecule has 0 bridgehead atoms. The second kappa shape index (κ2) is 24.2. The second-order valence-corrected chi connectivity index (χ2v) is 0.118. The van der Waals surface area contributed by atoms with E-state index < -0.39 is 0 Å². The van der Waals surface area contributed by atoms with Crippen LogP contribution in [-0.2, 0) is 4.58 Å². The van der Waals surface area contributed by atoms with E-state index in [-0.39, 0.29) is 7.43 Å². The normalized spacial score (nSPS) is 3.00. The molecule has 26 valence electrons. The van der Waals surface area contributed by atoms with E-state index in [1.165, 1.54) is 0 Å². The molecular weight excluding hydrogens is 56.0 g/mol. The Kier molecular flexibility index (Phi) is 59.2. The van der Waals surface area contributed by atoms with Crippen molar-refractivity contribution in [3.8, 4) is 0 Å². The molecule has 0 rings (SSSR count). The van der Waals surface area contributed by atoms with Gasteiger partial charge in [0.05, 0.1) is 0 Å². The van der Waals surface area contributed by atoms with Gasteiger partial charge in [-0.15, -0.1) is 0 Å². The molecule has 0 radical (unpaired) electrons. The summed E-state index contributed by atoms with van der Waals surface area (Å²) in [5, 5.41) is 8.32. The number of carbonyl (C=O) groups excluding carboxylic acids is 1. The van der Waals surface area contributed by atoms with Gasteiger partial charge in [-0.2, -0.15) is 4.58 Å². The highest BCUT2D eigenvalue weighted by atomic mass is 17.0. The Balaban J connectivity index is 0. The number of rotatable bonds is 0. The summed E-state index contributed by atoms with van der Waals surface area (Å²) in [6.07, 6.45) is 0. The molecule has 0 aliphatic heterocycles. The Morgan fingerprint density at radius 2 is 1.75 bits per heavy atom. The lowest BCUT2D eigenvalue weighted by atomic mass is 11.9. The minimum Gasteiger partial charge on any atom is -0.463 e. The molecule has 4 heavy (non-hydrogen) atoms. The number of hydrogen-bond donors (Lipinski definition) is 0. The van der Waals surface area contributed by atoms with Gasteiger partial charge < -0.3 is 5.26 Å². The minimum absolute atomic E-state index is 0. The van der Waals surface area contributed by atoms with Crippen LogP contribution in [0.2, 0.25) is 0 Å². The third-order valence-corrected chi connectivity index (χ3v) is 0. The first-order valence-electron chi connectivity index (χ1n) is 0.455. The van der Waals surface area contributed by atoms with E-state index in [0.29, 0.717) is 0 Å². The van der Waals surface area contributed by atoms with E-state index in [2.05, 4.69) is 11.4 Å². The molecule has 0 aromatic rings. The minimum atomic E-state index is 0. The van der Waals surface area contributed by atoms with Crippen LogP contribution in [0, 0.1) is 0 Å². The smallest absolute Gasteiger partial charge is 0.307 e. The standard InChI is InChI=1S/CH2O2.CH4/c1-3-2;/h1H2;1H4. The Bertz CT molecular complexity index is 11.5. The second-order valence-electron chi connectivity index (χ2n) is 0.118. The molecule has 0 aromatic carbocycles. The fourth-order valence-corrected chi connectivity index (χ4v) is 0. The first kappa shape index (κ1) is 9.80. The summed E-state index contributed by atoms with van der Waals surface area (Å²) in [5.41, 5.74) is 0. The van der Waals surface area contributed by atoms with Crippen molar-refractivity contribution in [2.45, 2.75) is 7.43 Å². The van der Waals surface area contributed by atoms with E-state index in [1.54, 1.807) is 0 Å². The third kappa shape index (κ3) is 1.16. The van der Waals surface area contributed by atoms with Gasteiger partial charge in [-0.05, 0) is 0 Å². The van der Waals surface area contributed by atoms with E-state index in [9.17, 15) is 0 Å². The average Bonchev–Trinajstić information content (AvgIpc) is 0.918. The maximum Gasteiger partial charge on any atom is 0.307 e. The molecule has 0 N–H and O–H groups in total. The van der Waals surface area contributed by atoms with Crippen molar-refractivity contribution in [3.63, 3.8) is 0 Å². The van der Waals surface area contributed by atoms with E-state index in [0.717, 1.165) is 0 Å². The highest BCUT2D eigenvalue weighted by molar-refractivity contribution is 5.11. The van der Waals surface area contributed by atoms with Gasteiger partial charge in [0.1, 0.15) is 0 Å². The van der Waals surface area contributed by atoms with Crippen molar-refractivity contribution in [1.82, 2.24) is 0 Å². The largest absolute Gasteiger partial charge is 0.463 e. The molecule has 0 saturated heterocycles. The van der Waals surface area contributed by atoms with Gasteiger partial charge in [0.2, 0.25) is 0 Å². The fraction of sp³-hybridized carbons (Fsp3) is 0.500. The van der Waals surface area contributed by atoms with E-state index in [1.807, 2.05) is 0 Å². The Morgan fingerprint density at radius 1 is 1.75 bits per heavy atom. The van der Waals surface area contributed by atoms with Crippen LogP contribution in [0.25, 0.3) is 0 Å². The highest BCUT2D eigenvalue weighted by Gasteiger charge is 1.09. The lowest BCUT2D eigenvalue weighted by Crippen LogP contribution is -1.89. The third-order valence-electron chi connectivity index (χ3n) is 0. The summed E-state index contributed by atoms with van der Waals surface area (Å²) >= 11 is 0. The molecule has 0 saturated carbocycles. The molecule has 0 aromatic heterocycles. The van der Waals surface area contributed by atoms with Crippen molar-refractivity contribution in [1.29, 1.82) is 0 Å². The molecule has 0 aliphatic rings. The Morgan fingerprint density at radius 3 is 1.75 bits per heavy atom.